The van der Waals surface area contributed by atoms with Gasteiger partial charge in [0.1, 0.15) is 11.4 Å². The molecule has 2 aromatic heterocycles. The zero-order valence-electron chi connectivity index (χ0n) is 13.1. The zero-order chi connectivity index (χ0) is 16.2. The molecule has 1 aromatic carbocycles. The van der Waals surface area contributed by atoms with E-state index in [9.17, 15) is 4.79 Å². The van der Waals surface area contributed by atoms with Gasteiger partial charge in [0, 0.05) is 11.8 Å². The molecule has 0 saturated carbocycles. The number of hydrogen-bond donors (Lipinski definition) is 1. The van der Waals surface area contributed by atoms with Gasteiger partial charge in [-0.25, -0.2) is 9.50 Å². The highest BCUT2D eigenvalue weighted by Gasteiger charge is 2.14. The summed E-state index contributed by atoms with van der Waals surface area (Å²) >= 11 is 0. The number of carbonyl (C=O) groups excluding carboxylic acids is 1. The van der Waals surface area contributed by atoms with Crippen LogP contribution in [0, 0.1) is 0 Å². The lowest BCUT2D eigenvalue weighted by Crippen LogP contribution is -2.16. The second-order valence-electron chi connectivity index (χ2n) is 4.97. The molecule has 0 aliphatic carbocycles. The monoisotopic (exact) mass is 310 g/mol. The lowest BCUT2D eigenvalue weighted by Gasteiger charge is -2.11. The Balaban J connectivity index is 1.92. The number of hydrogen-bond acceptors (Lipinski definition) is 4. The Morgan fingerprint density at radius 1 is 1.26 bits per heavy atom. The predicted octanol–water partition coefficient (Wildman–Crippen LogP) is 2.94. The molecule has 0 aliphatic heterocycles. The van der Waals surface area contributed by atoms with Crippen LogP contribution >= 0.6 is 0 Å². The third-order valence-electron chi connectivity index (χ3n) is 3.46. The summed E-state index contributed by atoms with van der Waals surface area (Å²) in [6.07, 6.45) is 2.43. The van der Waals surface area contributed by atoms with Crippen LogP contribution in [0.15, 0.2) is 42.6 Å². The van der Waals surface area contributed by atoms with Gasteiger partial charge in [0.05, 0.1) is 18.5 Å². The molecule has 1 N–H and O–H groups in total. The van der Waals surface area contributed by atoms with Gasteiger partial charge in [-0.2, -0.15) is 5.10 Å². The molecular formula is C17H18N4O2. The highest BCUT2D eigenvalue weighted by molar-refractivity contribution is 6.04. The molecule has 0 saturated heterocycles. The van der Waals surface area contributed by atoms with Crippen LogP contribution in [0.3, 0.4) is 0 Å². The maximum atomic E-state index is 12.5. The molecular weight excluding hydrogens is 292 g/mol. The van der Waals surface area contributed by atoms with Crippen molar-refractivity contribution in [2.45, 2.75) is 20.3 Å². The number of fused-ring (bicyclic) bond motifs is 1. The summed E-state index contributed by atoms with van der Waals surface area (Å²) in [5.41, 5.74) is 2.59. The molecule has 6 heteroatoms. The Morgan fingerprint density at radius 2 is 2.09 bits per heavy atom. The van der Waals surface area contributed by atoms with Crippen LogP contribution in [-0.2, 0) is 6.42 Å². The van der Waals surface area contributed by atoms with E-state index in [4.69, 9.17) is 4.74 Å². The molecule has 3 rings (SSSR count). The van der Waals surface area contributed by atoms with Crippen molar-refractivity contribution in [3.8, 4) is 5.75 Å². The Morgan fingerprint density at radius 3 is 2.87 bits per heavy atom. The number of carbonyl (C=O) groups is 1. The molecule has 0 spiro atoms. The van der Waals surface area contributed by atoms with Gasteiger partial charge in [0.15, 0.2) is 5.65 Å². The summed E-state index contributed by atoms with van der Waals surface area (Å²) in [7, 11) is 0. The molecule has 2 heterocycles. The van der Waals surface area contributed by atoms with Crippen LogP contribution in [0.4, 0.5) is 5.69 Å². The van der Waals surface area contributed by atoms with Crippen molar-refractivity contribution in [3.05, 3.63) is 54.0 Å². The van der Waals surface area contributed by atoms with Crippen LogP contribution in [-0.4, -0.2) is 27.1 Å². The number of aromatic nitrogens is 3. The van der Waals surface area contributed by atoms with Crippen LogP contribution in [0.5, 0.6) is 5.75 Å². The molecule has 0 radical (unpaired) electrons. The summed E-state index contributed by atoms with van der Waals surface area (Å²) in [6.45, 7) is 4.46. The first-order valence-electron chi connectivity index (χ1n) is 7.59. The maximum Gasteiger partial charge on any atom is 0.274 e. The quantitative estimate of drug-likeness (QED) is 0.786. The molecule has 3 aromatic rings. The van der Waals surface area contributed by atoms with Gasteiger partial charge in [-0.05, 0) is 31.5 Å². The number of rotatable bonds is 5. The van der Waals surface area contributed by atoms with Crippen molar-refractivity contribution in [3.63, 3.8) is 0 Å². The minimum absolute atomic E-state index is 0.268. The molecule has 1 amide bonds. The van der Waals surface area contributed by atoms with Gasteiger partial charge in [-0.3, -0.25) is 4.79 Å². The van der Waals surface area contributed by atoms with Gasteiger partial charge in [0.25, 0.3) is 5.91 Å². The Kier molecular flexibility index (Phi) is 4.23. The maximum absolute atomic E-state index is 12.5. The number of aryl methyl sites for hydroxylation is 1. The molecule has 118 valence electrons. The largest absolute Gasteiger partial charge is 0.492 e. The van der Waals surface area contributed by atoms with Crippen molar-refractivity contribution in [1.82, 2.24) is 14.6 Å². The number of benzene rings is 1. The van der Waals surface area contributed by atoms with Crippen LogP contribution in [0.1, 0.15) is 30.0 Å². The van der Waals surface area contributed by atoms with Crippen LogP contribution in [0.2, 0.25) is 0 Å². The molecule has 0 aliphatic rings. The van der Waals surface area contributed by atoms with Gasteiger partial charge in [-0.15, -0.1) is 0 Å². The first-order valence-corrected chi connectivity index (χ1v) is 7.59. The normalized spacial score (nSPS) is 10.7. The Bertz CT molecular complexity index is 841. The zero-order valence-corrected chi connectivity index (χ0v) is 13.1. The van der Waals surface area contributed by atoms with E-state index in [0.29, 0.717) is 29.4 Å². The Labute approximate surface area is 134 Å². The first-order chi connectivity index (χ1) is 11.2. The molecule has 0 atom stereocenters. The third-order valence-corrected chi connectivity index (χ3v) is 3.46. The van der Waals surface area contributed by atoms with Crippen LogP contribution < -0.4 is 10.1 Å². The van der Waals surface area contributed by atoms with Gasteiger partial charge in [0.2, 0.25) is 0 Å². The van der Waals surface area contributed by atoms with Crippen molar-refractivity contribution < 1.29 is 9.53 Å². The highest BCUT2D eigenvalue weighted by Crippen LogP contribution is 2.24. The second kappa shape index (κ2) is 6.48. The Hall–Kier alpha value is -2.89. The van der Waals surface area contributed by atoms with E-state index in [2.05, 4.69) is 15.4 Å². The summed E-state index contributed by atoms with van der Waals surface area (Å²) in [5.74, 6) is 0.375. The summed E-state index contributed by atoms with van der Waals surface area (Å²) < 4.78 is 7.27. The van der Waals surface area contributed by atoms with E-state index in [1.807, 2.05) is 32.0 Å². The average molecular weight is 310 g/mol. The third kappa shape index (κ3) is 3.01. The fraction of sp³-hybridized carbons (Fsp3) is 0.235. The second-order valence-corrected chi connectivity index (χ2v) is 4.97. The molecule has 23 heavy (non-hydrogen) atoms. The molecule has 0 fully saturated rings. The van der Waals surface area contributed by atoms with Crippen molar-refractivity contribution >= 4 is 17.2 Å². The van der Waals surface area contributed by atoms with Crippen molar-refractivity contribution in [1.29, 1.82) is 0 Å². The SMILES string of the molecule is CCOc1ccccc1NC(=O)c1cc(CC)n2nccc2n1. The standard InChI is InChI=1S/C17H18N4O2/c1-3-12-11-14(19-16-9-10-18-21(12)16)17(22)20-13-7-5-6-8-15(13)23-4-2/h5-11H,3-4H2,1-2H3,(H,20,22). The van der Waals surface area contributed by atoms with Crippen LogP contribution in [0.25, 0.3) is 5.65 Å². The van der Waals surface area contributed by atoms with Crippen molar-refractivity contribution in [2.24, 2.45) is 0 Å². The summed E-state index contributed by atoms with van der Waals surface area (Å²) in [4.78, 5) is 16.9. The van der Waals surface area contributed by atoms with E-state index < -0.39 is 0 Å². The molecule has 0 bridgehead atoms. The highest BCUT2D eigenvalue weighted by atomic mass is 16.5. The molecule has 6 nitrogen and oxygen atoms in total. The van der Waals surface area contributed by atoms with Gasteiger partial charge >= 0.3 is 0 Å². The topological polar surface area (TPSA) is 68.5 Å². The number of ether oxygens (including phenoxy) is 1. The first kappa shape index (κ1) is 15.0. The number of anilines is 1. The number of amides is 1. The predicted molar refractivity (Wildman–Crippen MR) is 87.9 cm³/mol. The minimum Gasteiger partial charge on any atom is -0.492 e. The summed E-state index contributed by atoms with van der Waals surface area (Å²) in [5, 5.41) is 7.08. The van der Waals surface area contributed by atoms with Gasteiger partial charge in [-0.1, -0.05) is 19.1 Å². The minimum atomic E-state index is -0.268. The van der Waals surface area contributed by atoms with E-state index >= 15 is 0 Å². The molecule has 0 unspecified atom stereocenters. The van der Waals surface area contributed by atoms with E-state index in [-0.39, 0.29) is 5.91 Å². The number of nitrogens with one attached hydrogen (secondary N) is 1. The van der Waals surface area contributed by atoms with E-state index in [1.165, 1.54) is 0 Å². The summed E-state index contributed by atoms with van der Waals surface area (Å²) in [6, 6.07) is 10.9. The smallest absolute Gasteiger partial charge is 0.274 e. The number of nitrogens with zero attached hydrogens (tertiary/aromatic N) is 3. The van der Waals surface area contributed by atoms with E-state index in [1.54, 1.807) is 28.9 Å². The average Bonchev–Trinajstić information content (AvgIpc) is 3.04. The fourth-order valence-corrected chi connectivity index (χ4v) is 2.38. The number of para-hydroxylation sites is 2. The lowest BCUT2D eigenvalue weighted by atomic mass is 10.2. The fourth-order valence-electron chi connectivity index (χ4n) is 2.38. The van der Waals surface area contributed by atoms with Crippen molar-refractivity contribution in [2.75, 3.05) is 11.9 Å². The van der Waals surface area contributed by atoms with Gasteiger partial charge < -0.3 is 10.1 Å². The van der Waals surface area contributed by atoms with E-state index in [0.717, 1.165) is 12.1 Å². The lowest BCUT2D eigenvalue weighted by molar-refractivity contribution is 0.102.